The van der Waals surface area contributed by atoms with Gasteiger partial charge in [-0.3, -0.25) is 0 Å². The van der Waals surface area contributed by atoms with Crippen molar-refractivity contribution < 1.29 is 0 Å². The zero-order chi connectivity index (χ0) is 34.4. The lowest BCUT2D eigenvalue weighted by Gasteiger charge is -2.26. The van der Waals surface area contributed by atoms with Gasteiger partial charge in [-0.05, 0) is 104 Å². The second-order valence-corrected chi connectivity index (χ2v) is 14.2. The van der Waals surface area contributed by atoms with Gasteiger partial charge >= 0.3 is 0 Å². The highest BCUT2D eigenvalue weighted by Gasteiger charge is 2.16. The maximum Gasteiger partial charge on any atom is 0.125 e. The maximum atomic E-state index is 5.10. The molecule has 0 fully saturated rings. The Kier molecular flexibility index (Phi) is 7.37. The summed E-state index contributed by atoms with van der Waals surface area (Å²) in [6.45, 7) is 0. The average Bonchev–Trinajstić information content (AvgIpc) is 3.60. The molecule has 0 unspecified atom stereocenters. The van der Waals surface area contributed by atoms with Gasteiger partial charge in [0.25, 0.3) is 0 Å². The smallest absolute Gasteiger partial charge is 0.125 e. The molecule has 0 N–H and O–H groups in total. The molecular formula is C49H32N2S. The summed E-state index contributed by atoms with van der Waals surface area (Å²) in [7, 11) is 0. The van der Waals surface area contributed by atoms with E-state index in [1.807, 2.05) is 0 Å². The predicted octanol–water partition coefficient (Wildman–Crippen LogP) is 14.2. The van der Waals surface area contributed by atoms with Gasteiger partial charge in [-0.1, -0.05) is 133 Å². The van der Waals surface area contributed by atoms with Crippen LogP contribution in [0.1, 0.15) is 0 Å². The number of benzene rings is 8. The highest BCUT2D eigenvalue weighted by molar-refractivity contribution is 7.25. The van der Waals surface area contributed by atoms with Gasteiger partial charge in [0.2, 0.25) is 0 Å². The van der Waals surface area contributed by atoms with Gasteiger partial charge in [0.15, 0.2) is 0 Å². The third-order valence-electron chi connectivity index (χ3n) is 10.1. The van der Waals surface area contributed by atoms with Gasteiger partial charge in [0.05, 0.1) is 5.69 Å². The largest absolute Gasteiger partial charge is 0.311 e. The van der Waals surface area contributed by atoms with Crippen molar-refractivity contribution in [3.63, 3.8) is 0 Å². The monoisotopic (exact) mass is 680 g/mol. The first kappa shape index (κ1) is 30.3. The number of hydrogen-bond acceptors (Lipinski definition) is 3. The molecule has 0 amide bonds. The number of nitrogens with zero attached hydrogens (tertiary/aromatic N) is 2. The zero-order valence-electron chi connectivity index (χ0n) is 28.3. The van der Waals surface area contributed by atoms with E-state index < -0.39 is 0 Å². The summed E-state index contributed by atoms with van der Waals surface area (Å²) in [5.74, 6) is 0. The number of thiophene rings is 1. The molecule has 0 aliphatic rings. The molecular weight excluding hydrogens is 649 g/mol. The number of hydrogen-bond donors (Lipinski definition) is 0. The first-order valence-corrected chi connectivity index (χ1v) is 18.4. The number of pyridine rings is 1. The zero-order valence-corrected chi connectivity index (χ0v) is 29.1. The summed E-state index contributed by atoms with van der Waals surface area (Å²) in [5.41, 5.74) is 10.2. The van der Waals surface area contributed by atoms with Crippen LogP contribution in [0.2, 0.25) is 0 Å². The molecule has 10 rings (SSSR count). The summed E-state index contributed by atoms with van der Waals surface area (Å²) in [5, 5.41) is 7.56. The summed E-state index contributed by atoms with van der Waals surface area (Å²) in [6, 6.07) is 69.9. The number of rotatable bonds is 6. The van der Waals surface area contributed by atoms with Gasteiger partial charge in [-0.25, -0.2) is 4.98 Å². The average molecular weight is 681 g/mol. The first-order chi connectivity index (χ1) is 25.8. The van der Waals surface area contributed by atoms with Gasteiger partial charge in [-0.15, -0.1) is 11.3 Å². The molecule has 52 heavy (non-hydrogen) atoms. The third-order valence-corrected chi connectivity index (χ3v) is 11.2. The minimum atomic E-state index is 0.983. The van der Waals surface area contributed by atoms with E-state index in [-0.39, 0.29) is 0 Å². The van der Waals surface area contributed by atoms with Crippen molar-refractivity contribution in [2.24, 2.45) is 0 Å². The summed E-state index contributed by atoms with van der Waals surface area (Å²) < 4.78 is 1.27. The van der Waals surface area contributed by atoms with Crippen molar-refractivity contribution in [1.29, 1.82) is 0 Å². The predicted molar refractivity (Wildman–Crippen MR) is 223 cm³/mol. The fourth-order valence-electron chi connectivity index (χ4n) is 7.51. The van der Waals surface area contributed by atoms with Gasteiger partial charge < -0.3 is 4.90 Å². The van der Waals surface area contributed by atoms with Crippen molar-refractivity contribution in [3.05, 3.63) is 194 Å². The molecule has 0 bridgehead atoms. The Bertz CT molecular complexity index is 2870. The fraction of sp³-hybridized carbons (Fsp3) is 0. The topological polar surface area (TPSA) is 16.1 Å². The standard InChI is InChI=1S/C49H32N2S/c1-2-10-33(11-3-1)34-18-24-38(25-19-34)51(40-28-22-36(23-29-40)47-31-30-45-44-16-8-9-17-48(44)52-49(45)50-47)39-26-20-35(21-27-39)46-32-37-12-4-5-13-41(37)42-14-6-7-15-43(42)46/h1-32H. The Balaban J connectivity index is 1.05. The molecule has 8 aromatic carbocycles. The minimum Gasteiger partial charge on any atom is -0.311 e. The van der Waals surface area contributed by atoms with Crippen LogP contribution in [0.5, 0.6) is 0 Å². The quantitative estimate of drug-likeness (QED) is 0.163. The van der Waals surface area contributed by atoms with Gasteiger partial charge in [-0.2, -0.15) is 0 Å². The second kappa shape index (κ2) is 12.6. The second-order valence-electron chi connectivity index (χ2n) is 13.2. The van der Waals surface area contributed by atoms with Crippen LogP contribution in [0, 0.1) is 0 Å². The van der Waals surface area contributed by atoms with Crippen LogP contribution < -0.4 is 4.90 Å². The number of aromatic nitrogens is 1. The summed E-state index contributed by atoms with van der Waals surface area (Å²) in [4.78, 5) is 8.50. The van der Waals surface area contributed by atoms with Crippen molar-refractivity contribution >= 4 is 70.2 Å². The number of anilines is 3. The maximum absolute atomic E-state index is 5.10. The van der Waals surface area contributed by atoms with Crippen molar-refractivity contribution in [1.82, 2.24) is 4.98 Å². The summed E-state index contributed by atoms with van der Waals surface area (Å²) in [6.07, 6.45) is 0. The third kappa shape index (κ3) is 5.31. The molecule has 3 heteroatoms. The molecule has 244 valence electrons. The lowest BCUT2D eigenvalue weighted by Crippen LogP contribution is -2.09. The number of fused-ring (bicyclic) bond motifs is 6. The Hall–Kier alpha value is -6.55. The summed E-state index contributed by atoms with van der Waals surface area (Å²) >= 11 is 1.75. The van der Waals surface area contributed by atoms with Crippen molar-refractivity contribution in [3.8, 4) is 33.5 Å². The molecule has 0 radical (unpaired) electrons. The van der Waals surface area contributed by atoms with Crippen LogP contribution in [0.3, 0.4) is 0 Å². The molecule has 2 heterocycles. The van der Waals surface area contributed by atoms with E-state index in [4.69, 9.17) is 4.98 Å². The fourth-order valence-corrected chi connectivity index (χ4v) is 8.59. The van der Waals surface area contributed by atoms with Crippen LogP contribution in [-0.4, -0.2) is 4.98 Å². The highest BCUT2D eigenvalue weighted by atomic mass is 32.1. The van der Waals surface area contributed by atoms with E-state index in [1.54, 1.807) is 11.3 Å². The lowest BCUT2D eigenvalue weighted by molar-refractivity contribution is 1.28. The van der Waals surface area contributed by atoms with Gasteiger partial charge in [0.1, 0.15) is 4.83 Å². The molecule has 2 nitrogen and oxygen atoms in total. The molecule has 0 aliphatic carbocycles. The Morgan fingerprint density at radius 3 is 1.62 bits per heavy atom. The normalized spacial score (nSPS) is 11.5. The van der Waals surface area contributed by atoms with Crippen molar-refractivity contribution in [2.45, 2.75) is 0 Å². The first-order valence-electron chi connectivity index (χ1n) is 17.6. The van der Waals surface area contributed by atoms with E-state index >= 15 is 0 Å². The molecule has 0 saturated carbocycles. The Labute approximate surface area is 306 Å². The van der Waals surface area contributed by atoms with Crippen LogP contribution in [0.15, 0.2) is 194 Å². The highest BCUT2D eigenvalue weighted by Crippen LogP contribution is 2.40. The molecule has 10 aromatic rings. The van der Waals surface area contributed by atoms with Crippen molar-refractivity contribution in [2.75, 3.05) is 4.90 Å². The van der Waals surface area contributed by atoms with Crippen LogP contribution >= 0.6 is 11.3 Å². The molecule has 0 spiro atoms. The SMILES string of the molecule is c1ccc(-c2ccc(N(c3ccc(-c4ccc5c(n4)sc4ccccc45)cc3)c3ccc(-c4cc5ccccc5c5ccccc45)cc3)cc2)cc1. The van der Waals surface area contributed by atoms with E-state index in [9.17, 15) is 0 Å². The Morgan fingerprint density at radius 2 is 0.904 bits per heavy atom. The van der Waals surface area contributed by atoms with Crippen LogP contribution in [0.4, 0.5) is 17.1 Å². The minimum absolute atomic E-state index is 0.983. The lowest BCUT2D eigenvalue weighted by atomic mass is 9.93. The van der Waals surface area contributed by atoms with E-state index in [0.29, 0.717) is 0 Å². The van der Waals surface area contributed by atoms with E-state index in [2.05, 4.69) is 199 Å². The molecule has 2 aromatic heterocycles. The Morgan fingerprint density at radius 1 is 0.365 bits per heavy atom. The van der Waals surface area contributed by atoms with E-state index in [0.717, 1.165) is 33.1 Å². The van der Waals surface area contributed by atoms with Crippen LogP contribution in [-0.2, 0) is 0 Å². The van der Waals surface area contributed by atoms with Gasteiger partial charge in [0, 0.05) is 38.1 Å². The molecule has 0 atom stereocenters. The van der Waals surface area contributed by atoms with Crippen LogP contribution in [0.25, 0.3) is 75.4 Å². The van der Waals surface area contributed by atoms with E-state index in [1.165, 1.54) is 59.3 Å². The molecule has 0 saturated heterocycles. The molecule has 0 aliphatic heterocycles.